The third-order valence-corrected chi connectivity index (χ3v) is 8.68. The van der Waals surface area contributed by atoms with Crippen LogP contribution in [0.1, 0.15) is 23.0 Å². The van der Waals surface area contributed by atoms with Crippen LogP contribution in [0.3, 0.4) is 0 Å². The Bertz CT molecular complexity index is 1410. The lowest BCUT2D eigenvalue weighted by atomic mass is 9.62. The number of rotatable bonds is 2. The lowest BCUT2D eigenvalue weighted by molar-refractivity contribution is -0.0781. The summed E-state index contributed by atoms with van der Waals surface area (Å²) >= 11 is 0. The summed E-state index contributed by atoms with van der Waals surface area (Å²) in [6.07, 6.45) is -1.33. The maximum Gasteiger partial charge on any atom is 0.0897 e. The fraction of sp³-hybridized carbons (Fsp3) is 0.333. The van der Waals surface area contributed by atoms with Crippen molar-refractivity contribution < 1.29 is 10.2 Å². The molecule has 7 rings (SSSR count). The van der Waals surface area contributed by atoms with Gasteiger partial charge in [-0.15, -0.1) is 0 Å². The first kappa shape index (κ1) is 21.8. The highest BCUT2D eigenvalue weighted by molar-refractivity contribution is 6.08. The van der Waals surface area contributed by atoms with Crippen LogP contribution >= 0.6 is 0 Å². The lowest BCUT2D eigenvalue weighted by Gasteiger charge is -2.50. The van der Waals surface area contributed by atoms with Gasteiger partial charge in [-0.25, -0.2) is 0 Å². The van der Waals surface area contributed by atoms with Gasteiger partial charge >= 0.3 is 0 Å². The van der Waals surface area contributed by atoms with Crippen molar-refractivity contribution >= 4 is 44.3 Å². The van der Waals surface area contributed by atoms with Gasteiger partial charge in [0.1, 0.15) is 0 Å². The number of anilines is 4. The molecule has 4 aromatic carbocycles. The molecule has 0 unspecified atom stereocenters. The normalized spacial score (nSPS) is 25.1. The number of aliphatic hydroxyl groups excluding tert-OH is 2. The van der Waals surface area contributed by atoms with Gasteiger partial charge in [-0.3, -0.25) is 0 Å². The van der Waals surface area contributed by atoms with E-state index in [9.17, 15) is 10.2 Å². The van der Waals surface area contributed by atoms with Gasteiger partial charge in [0.15, 0.2) is 0 Å². The van der Waals surface area contributed by atoms with Crippen LogP contribution in [0.15, 0.2) is 60.7 Å². The van der Waals surface area contributed by atoms with Crippen molar-refractivity contribution in [3.05, 3.63) is 71.8 Å². The molecule has 184 valence electrons. The second kappa shape index (κ2) is 7.51. The molecule has 0 amide bonds. The fourth-order valence-corrected chi connectivity index (χ4v) is 7.08. The predicted octanol–water partition coefficient (Wildman–Crippen LogP) is 4.28. The topological polar surface area (TPSA) is 53.4 Å². The van der Waals surface area contributed by atoms with Crippen LogP contribution in [0.25, 0.3) is 21.5 Å². The summed E-state index contributed by atoms with van der Waals surface area (Å²) in [5, 5.41) is 28.1. The summed E-state index contributed by atoms with van der Waals surface area (Å²) < 4.78 is 0. The van der Waals surface area contributed by atoms with Crippen molar-refractivity contribution in [2.75, 3.05) is 61.1 Å². The third-order valence-electron chi connectivity index (χ3n) is 8.68. The Labute approximate surface area is 211 Å². The molecule has 3 aliphatic rings. The van der Waals surface area contributed by atoms with E-state index in [4.69, 9.17) is 0 Å². The number of benzene rings is 4. The summed E-state index contributed by atoms with van der Waals surface area (Å²) in [5.74, 6) is -0.661. The van der Waals surface area contributed by atoms with E-state index in [1.165, 1.54) is 32.9 Å². The standard InChI is InChI=1S/C30H32N4O2/c1-31-15-33(3)27-19(13-11-17-7-5-9-21(31)23(17)27)25-29(35)26(30(25)36)20-14-12-18-8-6-10-22-24(18)28(20)34(4)16-32(22)2/h5-14,25-26,29-30,35-36H,15-16H2,1-4H3. The zero-order valence-corrected chi connectivity index (χ0v) is 21.2. The minimum Gasteiger partial charge on any atom is -0.392 e. The van der Waals surface area contributed by atoms with Crippen LogP contribution in [0.5, 0.6) is 0 Å². The zero-order valence-electron chi connectivity index (χ0n) is 21.2. The average molecular weight is 481 g/mol. The van der Waals surface area contributed by atoms with Crippen molar-refractivity contribution in [3.63, 3.8) is 0 Å². The first-order valence-corrected chi connectivity index (χ1v) is 12.7. The van der Waals surface area contributed by atoms with Crippen LogP contribution in [0, 0.1) is 0 Å². The SMILES string of the molecule is CN1CN(C)c2c(C3C(O)C(c4ccc5cccc6c5c4N(C)CN6C)C3O)ccc3cccc1c23. The quantitative estimate of drug-likeness (QED) is 0.447. The maximum atomic E-state index is 11.7. The molecule has 0 bridgehead atoms. The molecule has 2 heterocycles. The Balaban J connectivity index is 1.35. The Hall–Kier alpha value is -3.48. The molecule has 0 saturated heterocycles. The molecule has 1 aliphatic carbocycles. The number of aliphatic hydroxyl groups is 2. The highest BCUT2D eigenvalue weighted by Gasteiger charge is 2.52. The minimum absolute atomic E-state index is 0.331. The molecule has 0 aromatic heterocycles. The molecule has 4 aromatic rings. The van der Waals surface area contributed by atoms with E-state index in [-0.39, 0.29) is 11.8 Å². The Morgan fingerprint density at radius 1 is 0.556 bits per heavy atom. The van der Waals surface area contributed by atoms with Gasteiger partial charge in [-0.05, 0) is 34.0 Å². The number of hydrogen-bond acceptors (Lipinski definition) is 6. The second-order valence-corrected chi connectivity index (χ2v) is 10.9. The van der Waals surface area contributed by atoms with E-state index < -0.39 is 12.2 Å². The Kier molecular flexibility index (Phi) is 4.54. The Morgan fingerprint density at radius 3 is 1.39 bits per heavy atom. The van der Waals surface area contributed by atoms with Crippen LogP contribution in [0.4, 0.5) is 22.7 Å². The van der Waals surface area contributed by atoms with Crippen LogP contribution in [-0.2, 0) is 0 Å². The van der Waals surface area contributed by atoms with Crippen molar-refractivity contribution in [1.82, 2.24) is 0 Å². The molecule has 6 heteroatoms. The monoisotopic (exact) mass is 480 g/mol. The summed E-state index contributed by atoms with van der Waals surface area (Å²) in [6.45, 7) is 1.53. The van der Waals surface area contributed by atoms with Crippen LogP contribution < -0.4 is 19.6 Å². The van der Waals surface area contributed by atoms with E-state index in [1.807, 2.05) is 0 Å². The van der Waals surface area contributed by atoms with Gasteiger partial charge in [0.2, 0.25) is 0 Å². The summed E-state index contributed by atoms with van der Waals surface area (Å²) in [7, 11) is 8.41. The molecular weight excluding hydrogens is 448 g/mol. The van der Waals surface area contributed by atoms with Crippen molar-refractivity contribution in [1.29, 1.82) is 0 Å². The smallest absolute Gasteiger partial charge is 0.0897 e. The molecule has 2 N–H and O–H groups in total. The summed E-state index contributed by atoms with van der Waals surface area (Å²) in [5.41, 5.74) is 6.71. The average Bonchev–Trinajstić information content (AvgIpc) is 2.86. The van der Waals surface area contributed by atoms with Crippen molar-refractivity contribution in [3.8, 4) is 0 Å². The molecule has 1 fully saturated rings. The molecule has 0 spiro atoms. The Morgan fingerprint density at radius 2 is 0.972 bits per heavy atom. The fourth-order valence-electron chi connectivity index (χ4n) is 7.08. The van der Waals surface area contributed by atoms with E-state index >= 15 is 0 Å². The van der Waals surface area contributed by atoms with Crippen molar-refractivity contribution in [2.24, 2.45) is 0 Å². The van der Waals surface area contributed by atoms with Gasteiger partial charge in [0.25, 0.3) is 0 Å². The molecule has 6 nitrogen and oxygen atoms in total. The first-order chi connectivity index (χ1) is 17.4. The molecule has 36 heavy (non-hydrogen) atoms. The minimum atomic E-state index is -0.664. The lowest BCUT2D eigenvalue weighted by Crippen LogP contribution is -2.53. The molecule has 1 saturated carbocycles. The molecule has 0 atom stereocenters. The molecule has 2 aliphatic heterocycles. The van der Waals surface area contributed by atoms with Gasteiger partial charge in [-0.2, -0.15) is 0 Å². The van der Waals surface area contributed by atoms with E-state index in [2.05, 4.69) is 108 Å². The number of hydrogen-bond donors (Lipinski definition) is 2. The van der Waals surface area contributed by atoms with Gasteiger partial charge in [0, 0.05) is 62.2 Å². The van der Waals surface area contributed by atoms with Gasteiger partial charge < -0.3 is 29.8 Å². The van der Waals surface area contributed by atoms with Gasteiger partial charge in [0.05, 0.1) is 36.9 Å². The van der Waals surface area contributed by atoms with Crippen LogP contribution in [0.2, 0.25) is 0 Å². The molecular formula is C30H32N4O2. The predicted molar refractivity (Wildman–Crippen MR) is 149 cm³/mol. The summed E-state index contributed by atoms with van der Waals surface area (Å²) in [4.78, 5) is 8.99. The van der Waals surface area contributed by atoms with E-state index in [0.717, 1.165) is 35.8 Å². The van der Waals surface area contributed by atoms with Gasteiger partial charge in [-0.1, -0.05) is 48.5 Å². The third kappa shape index (κ3) is 2.74. The number of nitrogens with zero attached hydrogens (tertiary/aromatic N) is 4. The maximum absolute atomic E-state index is 11.7. The zero-order chi connectivity index (χ0) is 24.9. The van der Waals surface area contributed by atoms with Crippen LogP contribution in [-0.4, -0.2) is 63.9 Å². The van der Waals surface area contributed by atoms with E-state index in [1.54, 1.807) is 0 Å². The second-order valence-electron chi connectivity index (χ2n) is 10.9. The largest absolute Gasteiger partial charge is 0.392 e. The highest BCUT2D eigenvalue weighted by atomic mass is 16.3. The molecule has 0 radical (unpaired) electrons. The van der Waals surface area contributed by atoms with E-state index in [0.29, 0.717) is 0 Å². The highest BCUT2D eigenvalue weighted by Crippen LogP contribution is 2.55. The first-order valence-electron chi connectivity index (χ1n) is 12.7. The van der Waals surface area contributed by atoms with Crippen molar-refractivity contribution in [2.45, 2.75) is 24.0 Å². The summed E-state index contributed by atoms with van der Waals surface area (Å²) in [6, 6.07) is 21.3.